The van der Waals surface area contributed by atoms with E-state index < -0.39 is 0 Å². The van der Waals surface area contributed by atoms with Crippen molar-refractivity contribution in [1.82, 2.24) is 4.90 Å². The number of nitrogens with zero attached hydrogens (tertiary/aromatic N) is 1. The summed E-state index contributed by atoms with van der Waals surface area (Å²) in [5.41, 5.74) is 0. The van der Waals surface area contributed by atoms with Crippen molar-refractivity contribution in [2.75, 3.05) is 19.6 Å². The van der Waals surface area contributed by atoms with Gasteiger partial charge < -0.3 is 4.90 Å². The van der Waals surface area contributed by atoms with Gasteiger partial charge in [0.15, 0.2) is 0 Å². The van der Waals surface area contributed by atoms with E-state index in [1.54, 1.807) is 0 Å². The molecule has 2 atom stereocenters. The molecule has 0 aromatic heterocycles. The Morgan fingerprint density at radius 3 is 2.00 bits per heavy atom. The maximum absolute atomic E-state index is 2.65. The van der Waals surface area contributed by atoms with Crippen LogP contribution in [0.25, 0.3) is 0 Å². The molecule has 0 amide bonds. The Balaban J connectivity index is 2.20. The quantitative estimate of drug-likeness (QED) is 0.611. The van der Waals surface area contributed by atoms with Crippen molar-refractivity contribution in [1.29, 1.82) is 0 Å². The third-order valence-electron chi connectivity index (χ3n) is 3.37. The molecule has 0 bridgehead atoms. The summed E-state index contributed by atoms with van der Waals surface area (Å²) in [7, 11) is 0. The first-order valence-electron chi connectivity index (χ1n) is 6.00. The van der Waals surface area contributed by atoms with Gasteiger partial charge >= 0.3 is 0 Å². The van der Waals surface area contributed by atoms with E-state index in [1.165, 1.54) is 45.3 Å². The normalized spacial score (nSPS) is 27.7. The first-order chi connectivity index (χ1) is 6.27. The van der Waals surface area contributed by atoms with E-state index in [0.717, 1.165) is 11.8 Å². The smallest absolute Gasteiger partial charge is 0.00122 e. The van der Waals surface area contributed by atoms with Gasteiger partial charge in [0.05, 0.1) is 0 Å². The minimum Gasteiger partial charge on any atom is -0.303 e. The average molecular weight is 183 g/mol. The molecular formula is C12H25N. The topological polar surface area (TPSA) is 3.24 Å². The molecule has 78 valence electrons. The average Bonchev–Trinajstić information content (AvgIpc) is 2.12. The molecule has 1 aliphatic rings. The van der Waals surface area contributed by atoms with E-state index in [4.69, 9.17) is 0 Å². The highest BCUT2D eigenvalue weighted by Crippen LogP contribution is 2.34. The van der Waals surface area contributed by atoms with Crippen LogP contribution in [-0.2, 0) is 0 Å². The minimum atomic E-state index is 0.996. The summed E-state index contributed by atoms with van der Waals surface area (Å²) in [6.45, 7) is 10.9. The van der Waals surface area contributed by atoms with Crippen LogP contribution < -0.4 is 0 Å². The van der Waals surface area contributed by atoms with Gasteiger partial charge in [0.2, 0.25) is 0 Å². The van der Waals surface area contributed by atoms with Crippen LogP contribution >= 0.6 is 0 Å². The lowest BCUT2D eigenvalue weighted by molar-refractivity contribution is 0.121. The van der Waals surface area contributed by atoms with Gasteiger partial charge in [0, 0.05) is 6.54 Å². The largest absolute Gasteiger partial charge is 0.303 e. The van der Waals surface area contributed by atoms with Crippen LogP contribution in [0.4, 0.5) is 0 Å². The minimum absolute atomic E-state index is 0.996. The van der Waals surface area contributed by atoms with Crippen molar-refractivity contribution < 1.29 is 0 Å². The lowest BCUT2D eigenvalue weighted by Crippen LogP contribution is -2.37. The predicted octanol–water partition coefficient (Wildman–Crippen LogP) is 3.15. The van der Waals surface area contributed by atoms with E-state index in [-0.39, 0.29) is 0 Å². The molecule has 1 fully saturated rings. The number of rotatable bonds is 6. The molecule has 0 radical (unpaired) electrons. The molecule has 0 aromatic carbocycles. The summed E-state index contributed by atoms with van der Waals surface area (Å²) in [5, 5.41) is 0. The van der Waals surface area contributed by atoms with Crippen molar-refractivity contribution in [2.45, 2.75) is 46.5 Å². The molecule has 1 saturated carbocycles. The number of hydrogen-bond donors (Lipinski definition) is 0. The molecular weight excluding hydrogens is 158 g/mol. The zero-order valence-corrected chi connectivity index (χ0v) is 9.55. The molecule has 1 heteroatoms. The third kappa shape index (κ3) is 3.30. The Morgan fingerprint density at radius 2 is 1.69 bits per heavy atom. The summed E-state index contributed by atoms with van der Waals surface area (Å²) in [6, 6.07) is 0. The second-order valence-electron chi connectivity index (χ2n) is 4.62. The van der Waals surface area contributed by atoms with Gasteiger partial charge in [-0.15, -0.1) is 0 Å². The maximum Gasteiger partial charge on any atom is 0.00122 e. The van der Waals surface area contributed by atoms with Gasteiger partial charge in [-0.2, -0.15) is 0 Å². The van der Waals surface area contributed by atoms with Gasteiger partial charge in [-0.05, 0) is 44.2 Å². The molecule has 0 aliphatic heterocycles. The number of hydrogen-bond acceptors (Lipinski definition) is 1. The molecule has 13 heavy (non-hydrogen) atoms. The van der Waals surface area contributed by atoms with Crippen LogP contribution in [0, 0.1) is 11.8 Å². The summed E-state index contributed by atoms with van der Waals surface area (Å²) >= 11 is 0. The van der Waals surface area contributed by atoms with E-state index >= 15 is 0 Å². The highest BCUT2D eigenvalue weighted by atomic mass is 15.1. The van der Waals surface area contributed by atoms with Crippen molar-refractivity contribution in [2.24, 2.45) is 11.8 Å². The van der Waals surface area contributed by atoms with Crippen molar-refractivity contribution in [3.63, 3.8) is 0 Å². The Bertz CT molecular complexity index is 127. The van der Waals surface area contributed by atoms with Crippen LogP contribution in [0.3, 0.4) is 0 Å². The van der Waals surface area contributed by atoms with E-state index in [0.29, 0.717) is 0 Å². The van der Waals surface area contributed by atoms with E-state index in [1.807, 2.05) is 0 Å². The van der Waals surface area contributed by atoms with Crippen LogP contribution in [0.1, 0.15) is 46.5 Å². The Labute approximate surface area is 83.5 Å². The Kier molecular flexibility index (Phi) is 4.79. The highest BCUT2D eigenvalue weighted by molar-refractivity contribution is 4.80. The van der Waals surface area contributed by atoms with Gasteiger partial charge in [-0.3, -0.25) is 0 Å². The molecule has 0 saturated heterocycles. The summed E-state index contributed by atoms with van der Waals surface area (Å²) in [4.78, 5) is 2.65. The fourth-order valence-corrected chi connectivity index (χ4v) is 2.27. The third-order valence-corrected chi connectivity index (χ3v) is 3.37. The molecule has 2 unspecified atom stereocenters. The molecule has 0 N–H and O–H groups in total. The van der Waals surface area contributed by atoms with Crippen molar-refractivity contribution in [3.05, 3.63) is 0 Å². The van der Waals surface area contributed by atoms with Gasteiger partial charge in [0.25, 0.3) is 0 Å². The predicted molar refractivity (Wildman–Crippen MR) is 58.9 cm³/mol. The molecule has 0 heterocycles. The van der Waals surface area contributed by atoms with E-state index in [2.05, 4.69) is 25.7 Å². The molecule has 0 aromatic rings. The molecule has 1 aliphatic carbocycles. The van der Waals surface area contributed by atoms with E-state index in [9.17, 15) is 0 Å². The summed E-state index contributed by atoms with van der Waals surface area (Å²) in [5.74, 6) is 2.01. The fourth-order valence-electron chi connectivity index (χ4n) is 2.27. The standard InChI is InChI=1S/C12H25N/c1-4-8-13(9-5-2)10-12-7-6-11(12)3/h11-12H,4-10H2,1-3H3. The highest BCUT2D eigenvalue weighted by Gasteiger charge is 2.27. The SMILES string of the molecule is CCCN(CCC)CC1CCC1C. The van der Waals surface area contributed by atoms with Gasteiger partial charge in [-0.1, -0.05) is 27.2 Å². The van der Waals surface area contributed by atoms with Gasteiger partial charge in [0.1, 0.15) is 0 Å². The lowest BCUT2D eigenvalue weighted by Gasteiger charge is -2.38. The van der Waals surface area contributed by atoms with Crippen LogP contribution in [-0.4, -0.2) is 24.5 Å². The van der Waals surface area contributed by atoms with Crippen molar-refractivity contribution in [3.8, 4) is 0 Å². The summed E-state index contributed by atoms with van der Waals surface area (Å²) < 4.78 is 0. The second-order valence-corrected chi connectivity index (χ2v) is 4.62. The monoisotopic (exact) mass is 183 g/mol. The first-order valence-corrected chi connectivity index (χ1v) is 6.00. The molecule has 1 rings (SSSR count). The molecule has 0 spiro atoms. The fraction of sp³-hybridized carbons (Fsp3) is 1.00. The van der Waals surface area contributed by atoms with Crippen LogP contribution in [0.5, 0.6) is 0 Å². The lowest BCUT2D eigenvalue weighted by atomic mass is 9.75. The second kappa shape index (κ2) is 5.64. The van der Waals surface area contributed by atoms with Crippen LogP contribution in [0.2, 0.25) is 0 Å². The summed E-state index contributed by atoms with van der Waals surface area (Å²) in [6.07, 6.45) is 5.56. The Hall–Kier alpha value is -0.0400. The van der Waals surface area contributed by atoms with Gasteiger partial charge in [-0.25, -0.2) is 0 Å². The zero-order chi connectivity index (χ0) is 9.68. The maximum atomic E-state index is 2.65. The van der Waals surface area contributed by atoms with Crippen molar-refractivity contribution >= 4 is 0 Å². The Morgan fingerprint density at radius 1 is 1.08 bits per heavy atom. The molecule has 1 nitrogen and oxygen atoms in total. The van der Waals surface area contributed by atoms with Crippen LogP contribution in [0.15, 0.2) is 0 Å². The first kappa shape index (κ1) is 11.0. The zero-order valence-electron chi connectivity index (χ0n) is 9.55.